The standard InChI is InChI=1S/C9H10N2O2/c1-13-9-5-4-7(10)8(11-9)3-2-6-12/h4-5,12H,6,10H2,1H3. The number of nitrogens with zero attached hydrogens (tertiary/aromatic N) is 1. The minimum absolute atomic E-state index is 0.210. The fourth-order valence-corrected chi connectivity index (χ4v) is 0.789. The van der Waals surface area contributed by atoms with Gasteiger partial charge in [-0.2, -0.15) is 0 Å². The molecule has 0 radical (unpaired) electrons. The van der Waals surface area contributed by atoms with Gasteiger partial charge < -0.3 is 15.6 Å². The summed E-state index contributed by atoms with van der Waals surface area (Å²) in [4.78, 5) is 4.00. The molecule has 0 bridgehead atoms. The van der Waals surface area contributed by atoms with E-state index >= 15 is 0 Å². The second-order valence-electron chi connectivity index (χ2n) is 2.25. The molecule has 4 heteroatoms. The van der Waals surface area contributed by atoms with Gasteiger partial charge in [-0.15, -0.1) is 0 Å². The van der Waals surface area contributed by atoms with Crippen molar-refractivity contribution in [2.24, 2.45) is 0 Å². The zero-order chi connectivity index (χ0) is 9.68. The molecule has 13 heavy (non-hydrogen) atoms. The van der Waals surface area contributed by atoms with E-state index in [4.69, 9.17) is 15.6 Å². The Morgan fingerprint density at radius 3 is 3.00 bits per heavy atom. The third kappa shape index (κ3) is 2.36. The van der Waals surface area contributed by atoms with E-state index in [0.29, 0.717) is 17.3 Å². The molecule has 0 aliphatic rings. The van der Waals surface area contributed by atoms with Crippen LogP contribution in [0.15, 0.2) is 12.1 Å². The van der Waals surface area contributed by atoms with Gasteiger partial charge in [-0.05, 0) is 12.0 Å². The SMILES string of the molecule is COc1ccc(N)c(C#CCO)n1. The Balaban J connectivity index is 3.04. The molecule has 68 valence electrons. The Bertz CT molecular complexity index is 352. The van der Waals surface area contributed by atoms with Crippen LogP contribution in [0.3, 0.4) is 0 Å². The first-order valence-corrected chi connectivity index (χ1v) is 3.68. The molecule has 4 nitrogen and oxygen atoms in total. The van der Waals surface area contributed by atoms with Crippen molar-refractivity contribution in [2.45, 2.75) is 0 Å². The lowest BCUT2D eigenvalue weighted by Gasteiger charge is -2.00. The highest BCUT2D eigenvalue weighted by Crippen LogP contribution is 2.12. The lowest BCUT2D eigenvalue weighted by molar-refractivity contribution is 0.350. The van der Waals surface area contributed by atoms with Gasteiger partial charge in [0.1, 0.15) is 12.3 Å². The molecule has 0 aromatic carbocycles. The molecule has 0 unspecified atom stereocenters. The normalized spacial score (nSPS) is 8.77. The number of hydrogen-bond donors (Lipinski definition) is 2. The fraction of sp³-hybridized carbons (Fsp3) is 0.222. The van der Waals surface area contributed by atoms with Gasteiger partial charge in [0.15, 0.2) is 0 Å². The second-order valence-corrected chi connectivity index (χ2v) is 2.25. The first kappa shape index (κ1) is 9.36. The molecule has 0 amide bonds. The van der Waals surface area contributed by atoms with E-state index in [-0.39, 0.29) is 6.61 Å². The molecule has 1 rings (SSSR count). The predicted octanol–water partition coefficient (Wildman–Crippen LogP) is 0.0162. The van der Waals surface area contributed by atoms with Gasteiger partial charge in [0.25, 0.3) is 0 Å². The Labute approximate surface area is 76.4 Å². The number of rotatable bonds is 1. The zero-order valence-electron chi connectivity index (χ0n) is 7.24. The van der Waals surface area contributed by atoms with E-state index in [0.717, 1.165) is 0 Å². The van der Waals surface area contributed by atoms with E-state index in [1.54, 1.807) is 12.1 Å². The first-order chi connectivity index (χ1) is 6.27. The van der Waals surface area contributed by atoms with Crippen LogP contribution in [0.2, 0.25) is 0 Å². The third-order valence-corrected chi connectivity index (χ3v) is 1.40. The van der Waals surface area contributed by atoms with Crippen molar-refractivity contribution >= 4 is 5.69 Å². The van der Waals surface area contributed by atoms with Crippen molar-refractivity contribution in [1.82, 2.24) is 4.98 Å². The van der Waals surface area contributed by atoms with E-state index in [2.05, 4.69) is 16.8 Å². The highest BCUT2D eigenvalue weighted by Gasteiger charge is 1.99. The number of methoxy groups -OCH3 is 1. The van der Waals surface area contributed by atoms with Crippen LogP contribution >= 0.6 is 0 Å². The van der Waals surface area contributed by atoms with Crippen LogP contribution < -0.4 is 10.5 Å². The molecule has 1 heterocycles. The summed E-state index contributed by atoms with van der Waals surface area (Å²) in [5.41, 5.74) is 6.48. The maximum Gasteiger partial charge on any atom is 0.214 e. The zero-order valence-corrected chi connectivity index (χ0v) is 7.24. The summed E-state index contributed by atoms with van der Waals surface area (Å²) in [6.07, 6.45) is 0. The maximum atomic E-state index is 8.47. The first-order valence-electron chi connectivity index (χ1n) is 3.68. The molecule has 0 atom stereocenters. The molecule has 0 aliphatic heterocycles. The summed E-state index contributed by atoms with van der Waals surface area (Å²) in [6, 6.07) is 3.31. The molecule has 0 saturated carbocycles. The summed E-state index contributed by atoms with van der Waals surface area (Å²) in [5.74, 6) is 5.54. The maximum absolute atomic E-state index is 8.47. The van der Waals surface area contributed by atoms with Crippen LogP contribution in [-0.2, 0) is 0 Å². The van der Waals surface area contributed by atoms with Crippen molar-refractivity contribution in [3.63, 3.8) is 0 Å². The highest BCUT2D eigenvalue weighted by atomic mass is 16.5. The number of ether oxygens (including phenoxy) is 1. The number of aliphatic hydroxyl groups excluding tert-OH is 1. The minimum Gasteiger partial charge on any atom is -0.481 e. The van der Waals surface area contributed by atoms with Crippen molar-refractivity contribution in [3.8, 4) is 17.7 Å². The molecule has 1 aromatic rings. The smallest absolute Gasteiger partial charge is 0.214 e. The minimum atomic E-state index is -0.210. The molecular weight excluding hydrogens is 168 g/mol. The lowest BCUT2D eigenvalue weighted by Crippen LogP contribution is -1.96. The monoisotopic (exact) mass is 178 g/mol. The van der Waals surface area contributed by atoms with Crippen LogP contribution in [0.4, 0.5) is 5.69 Å². The second kappa shape index (κ2) is 4.33. The molecule has 0 aliphatic carbocycles. The largest absolute Gasteiger partial charge is 0.481 e. The van der Waals surface area contributed by atoms with Gasteiger partial charge in [-0.25, -0.2) is 4.98 Å². The fourth-order valence-electron chi connectivity index (χ4n) is 0.789. The van der Waals surface area contributed by atoms with Crippen LogP contribution in [0.25, 0.3) is 0 Å². The summed E-state index contributed by atoms with van der Waals surface area (Å²) >= 11 is 0. The van der Waals surface area contributed by atoms with Crippen molar-refractivity contribution in [3.05, 3.63) is 17.8 Å². The van der Waals surface area contributed by atoms with Crippen molar-refractivity contribution in [1.29, 1.82) is 0 Å². The Morgan fingerprint density at radius 1 is 1.62 bits per heavy atom. The van der Waals surface area contributed by atoms with Crippen LogP contribution in [0.1, 0.15) is 5.69 Å². The Hall–Kier alpha value is -1.73. The molecule has 0 fully saturated rings. The summed E-state index contributed by atoms with van der Waals surface area (Å²) < 4.78 is 4.89. The summed E-state index contributed by atoms with van der Waals surface area (Å²) in [7, 11) is 1.52. The van der Waals surface area contributed by atoms with E-state index in [1.807, 2.05) is 0 Å². The number of aromatic nitrogens is 1. The molecule has 0 spiro atoms. The Kier molecular flexibility index (Phi) is 3.12. The van der Waals surface area contributed by atoms with Crippen molar-refractivity contribution in [2.75, 3.05) is 19.5 Å². The van der Waals surface area contributed by atoms with Gasteiger partial charge in [0.2, 0.25) is 5.88 Å². The van der Waals surface area contributed by atoms with Crippen LogP contribution in [0.5, 0.6) is 5.88 Å². The summed E-state index contributed by atoms with van der Waals surface area (Å²) in [6.45, 7) is -0.210. The van der Waals surface area contributed by atoms with Gasteiger partial charge in [0, 0.05) is 6.07 Å². The van der Waals surface area contributed by atoms with E-state index in [1.165, 1.54) is 7.11 Å². The molecule has 1 aromatic heterocycles. The van der Waals surface area contributed by atoms with E-state index < -0.39 is 0 Å². The molecule has 3 N–H and O–H groups in total. The van der Waals surface area contributed by atoms with Crippen LogP contribution in [-0.4, -0.2) is 23.8 Å². The van der Waals surface area contributed by atoms with Gasteiger partial charge in [-0.1, -0.05) is 5.92 Å². The van der Waals surface area contributed by atoms with E-state index in [9.17, 15) is 0 Å². The lowest BCUT2D eigenvalue weighted by atomic mass is 10.3. The van der Waals surface area contributed by atoms with Crippen LogP contribution in [0, 0.1) is 11.8 Å². The van der Waals surface area contributed by atoms with Gasteiger partial charge in [-0.3, -0.25) is 0 Å². The highest BCUT2D eigenvalue weighted by molar-refractivity contribution is 5.52. The number of hydrogen-bond acceptors (Lipinski definition) is 4. The number of nitrogen functional groups attached to an aromatic ring is 1. The quantitative estimate of drug-likeness (QED) is 0.595. The third-order valence-electron chi connectivity index (χ3n) is 1.40. The summed E-state index contributed by atoms with van der Waals surface area (Å²) in [5, 5.41) is 8.47. The van der Waals surface area contributed by atoms with Gasteiger partial charge in [0.05, 0.1) is 12.8 Å². The number of pyridine rings is 1. The van der Waals surface area contributed by atoms with Gasteiger partial charge >= 0.3 is 0 Å². The number of anilines is 1. The molecular formula is C9H10N2O2. The average molecular weight is 178 g/mol. The predicted molar refractivity (Wildman–Crippen MR) is 49.2 cm³/mol. The number of nitrogens with two attached hydrogens (primary N) is 1. The number of aliphatic hydroxyl groups is 1. The average Bonchev–Trinajstić information content (AvgIpc) is 2.17. The topological polar surface area (TPSA) is 68.4 Å². The van der Waals surface area contributed by atoms with Crippen molar-refractivity contribution < 1.29 is 9.84 Å². The molecule has 0 saturated heterocycles. The Morgan fingerprint density at radius 2 is 2.38 bits per heavy atom.